The molecule has 0 amide bonds. The van der Waals surface area contributed by atoms with Crippen LogP contribution in [-0.4, -0.2) is 5.78 Å². The molecule has 0 bridgehead atoms. The third-order valence-electron chi connectivity index (χ3n) is 5.67. The van der Waals surface area contributed by atoms with E-state index in [2.05, 4.69) is 13.8 Å². The van der Waals surface area contributed by atoms with Crippen molar-refractivity contribution in [3.63, 3.8) is 0 Å². The van der Waals surface area contributed by atoms with E-state index in [4.69, 9.17) is 0 Å². The molecule has 1 unspecified atom stereocenters. The van der Waals surface area contributed by atoms with E-state index >= 15 is 0 Å². The van der Waals surface area contributed by atoms with Crippen LogP contribution >= 0.6 is 0 Å². The van der Waals surface area contributed by atoms with Crippen molar-refractivity contribution in [3.8, 4) is 11.1 Å². The smallest absolute Gasteiger partial charge is 0.299 e. The molecule has 172 valence electrons. The quantitative estimate of drug-likeness (QED) is 0.330. The molecule has 0 heterocycles. The first-order valence-corrected chi connectivity index (χ1v) is 11.1. The van der Waals surface area contributed by atoms with Gasteiger partial charge in [-0.25, -0.2) is 0 Å². The average molecular weight is 451 g/mol. The van der Waals surface area contributed by atoms with Crippen LogP contribution in [0.4, 0.5) is 13.2 Å². The van der Waals surface area contributed by atoms with Gasteiger partial charge in [0.15, 0.2) is 0 Å². The van der Waals surface area contributed by atoms with Crippen LogP contribution < -0.4 is 0 Å². The van der Waals surface area contributed by atoms with Crippen LogP contribution in [0.2, 0.25) is 0 Å². The average Bonchev–Trinajstić information content (AvgIpc) is 2.76. The summed E-state index contributed by atoms with van der Waals surface area (Å²) in [6.07, 6.45) is 0.320. The number of alkyl halides is 3. The maximum Gasteiger partial charge on any atom is 0.416 e. The van der Waals surface area contributed by atoms with Gasteiger partial charge in [-0.1, -0.05) is 80.1 Å². The van der Waals surface area contributed by atoms with Crippen LogP contribution in [0.5, 0.6) is 0 Å². The number of carbonyl (C=O) groups excluding carboxylic acids is 1. The molecule has 0 aromatic heterocycles. The lowest BCUT2D eigenvalue weighted by molar-refractivity contribution is -0.137. The standard InChI is InChI=1S/C29H29F3O/c1-19(2)15-28(21(4)33)26-17-23(10-9-22-7-5-20(3)6-8-22)16-25(18-26)24-11-13-27(14-12-24)29(30,31)32/h5-14,16-19,28H,15H2,1-4H3/b10-9+. The molecule has 3 aromatic carbocycles. The first kappa shape index (κ1) is 24.5. The van der Waals surface area contributed by atoms with E-state index in [0.717, 1.165) is 34.4 Å². The van der Waals surface area contributed by atoms with E-state index in [0.29, 0.717) is 17.9 Å². The van der Waals surface area contributed by atoms with Gasteiger partial charge in [0, 0.05) is 5.92 Å². The highest BCUT2D eigenvalue weighted by Gasteiger charge is 2.30. The van der Waals surface area contributed by atoms with Crippen molar-refractivity contribution in [2.75, 3.05) is 0 Å². The monoisotopic (exact) mass is 450 g/mol. The van der Waals surface area contributed by atoms with Gasteiger partial charge >= 0.3 is 6.18 Å². The van der Waals surface area contributed by atoms with Crippen molar-refractivity contribution in [1.82, 2.24) is 0 Å². The summed E-state index contributed by atoms with van der Waals surface area (Å²) in [7, 11) is 0. The molecule has 0 spiro atoms. The lowest BCUT2D eigenvalue weighted by Crippen LogP contribution is -2.12. The van der Waals surface area contributed by atoms with Crippen LogP contribution in [0, 0.1) is 12.8 Å². The van der Waals surface area contributed by atoms with Gasteiger partial charge in [0.2, 0.25) is 0 Å². The van der Waals surface area contributed by atoms with Gasteiger partial charge < -0.3 is 0 Å². The zero-order valence-electron chi connectivity index (χ0n) is 19.4. The highest BCUT2D eigenvalue weighted by molar-refractivity contribution is 5.85. The molecule has 0 aliphatic heterocycles. The van der Waals surface area contributed by atoms with Crippen molar-refractivity contribution in [1.29, 1.82) is 0 Å². The second kappa shape index (κ2) is 10.2. The number of carbonyl (C=O) groups is 1. The highest BCUT2D eigenvalue weighted by atomic mass is 19.4. The number of hydrogen-bond acceptors (Lipinski definition) is 1. The molecule has 33 heavy (non-hydrogen) atoms. The van der Waals surface area contributed by atoms with Crippen molar-refractivity contribution < 1.29 is 18.0 Å². The summed E-state index contributed by atoms with van der Waals surface area (Å²) >= 11 is 0. The largest absolute Gasteiger partial charge is 0.416 e. The lowest BCUT2D eigenvalue weighted by atomic mass is 9.85. The molecule has 0 aliphatic rings. The van der Waals surface area contributed by atoms with Gasteiger partial charge in [-0.05, 0) is 72.2 Å². The van der Waals surface area contributed by atoms with E-state index in [1.54, 1.807) is 6.92 Å². The molecule has 0 radical (unpaired) electrons. The van der Waals surface area contributed by atoms with Crippen molar-refractivity contribution >= 4 is 17.9 Å². The number of hydrogen-bond donors (Lipinski definition) is 0. The van der Waals surface area contributed by atoms with E-state index < -0.39 is 11.7 Å². The molecule has 1 atom stereocenters. The molecular weight excluding hydrogens is 421 g/mol. The zero-order chi connectivity index (χ0) is 24.2. The maximum atomic E-state index is 13.0. The Morgan fingerprint density at radius 2 is 1.45 bits per heavy atom. The minimum atomic E-state index is -4.38. The number of Topliss-reactive ketones (excluding diaryl/α,β-unsaturated/α-hetero) is 1. The molecule has 3 aromatic rings. The topological polar surface area (TPSA) is 17.1 Å². The Labute approximate surface area is 194 Å². The Kier molecular flexibility index (Phi) is 7.57. The van der Waals surface area contributed by atoms with E-state index in [9.17, 15) is 18.0 Å². The third kappa shape index (κ3) is 6.67. The zero-order valence-corrected chi connectivity index (χ0v) is 19.4. The molecule has 0 N–H and O–H groups in total. The normalized spacial score (nSPS) is 13.0. The molecule has 0 saturated heterocycles. The fourth-order valence-corrected chi connectivity index (χ4v) is 3.87. The van der Waals surface area contributed by atoms with Gasteiger partial charge in [0.25, 0.3) is 0 Å². The van der Waals surface area contributed by atoms with Crippen molar-refractivity contribution in [2.24, 2.45) is 5.92 Å². The van der Waals surface area contributed by atoms with E-state index in [1.807, 2.05) is 61.5 Å². The van der Waals surface area contributed by atoms with Crippen LogP contribution in [0.3, 0.4) is 0 Å². The minimum Gasteiger partial charge on any atom is -0.299 e. The summed E-state index contributed by atoms with van der Waals surface area (Å²) in [6, 6.07) is 19.2. The molecule has 1 nitrogen and oxygen atoms in total. The molecular formula is C29H29F3O. The predicted molar refractivity (Wildman–Crippen MR) is 130 cm³/mol. The van der Waals surface area contributed by atoms with Gasteiger partial charge in [0.05, 0.1) is 5.56 Å². The number of benzene rings is 3. The Morgan fingerprint density at radius 3 is 2.00 bits per heavy atom. The van der Waals surface area contributed by atoms with Gasteiger partial charge in [-0.2, -0.15) is 13.2 Å². The Hall–Kier alpha value is -3.14. The Balaban J connectivity index is 2.06. The third-order valence-corrected chi connectivity index (χ3v) is 5.67. The second-order valence-corrected chi connectivity index (χ2v) is 9.00. The van der Waals surface area contributed by atoms with Crippen LogP contribution in [0.15, 0.2) is 66.7 Å². The first-order valence-electron chi connectivity index (χ1n) is 11.1. The number of rotatable bonds is 7. The minimum absolute atomic E-state index is 0.0849. The molecule has 0 saturated carbocycles. The summed E-state index contributed by atoms with van der Waals surface area (Å²) in [5, 5.41) is 0. The molecule has 4 heteroatoms. The van der Waals surface area contributed by atoms with Crippen molar-refractivity contribution in [2.45, 2.75) is 46.2 Å². The molecule has 3 rings (SSSR count). The Morgan fingerprint density at radius 1 is 0.848 bits per heavy atom. The summed E-state index contributed by atoms with van der Waals surface area (Å²) in [4.78, 5) is 12.5. The number of halogens is 3. The first-order chi connectivity index (χ1) is 15.5. The summed E-state index contributed by atoms with van der Waals surface area (Å²) < 4.78 is 39.0. The number of aryl methyl sites for hydroxylation is 1. The van der Waals surface area contributed by atoms with E-state index in [-0.39, 0.29) is 11.7 Å². The fraction of sp³-hybridized carbons (Fsp3) is 0.276. The highest BCUT2D eigenvalue weighted by Crippen LogP contribution is 2.34. The number of ketones is 1. The van der Waals surface area contributed by atoms with Gasteiger partial charge in [-0.15, -0.1) is 0 Å². The summed E-state index contributed by atoms with van der Waals surface area (Å²) in [6.45, 7) is 7.78. The molecule has 0 aliphatic carbocycles. The van der Waals surface area contributed by atoms with Crippen LogP contribution in [0.1, 0.15) is 60.9 Å². The van der Waals surface area contributed by atoms with Gasteiger partial charge in [0.1, 0.15) is 5.78 Å². The maximum absolute atomic E-state index is 13.0. The lowest BCUT2D eigenvalue weighted by Gasteiger charge is -2.19. The van der Waals surface area contributed by atoms with E-state index in [1.165, 1.54) is 17.7 Å². The second-order valence-electron chi connectivity index (χ2n) is 9.00. The van der Waals surface area contributed by atoms with Crippen molar-refractivity contribution in [3.05, 3.63) is 94.5 Å². The predicted octanol–water partition coefficient (Wildman–Crippen LogP) is 8.57. The SMILES string of the molecule is CC(=O)C(CC(C)C)c1cc(/C=C/c2ccc(C)cc2)cc(-c2ccc(C(F)(F)F)cc2)c1. The molecule has 0 fully saturated rings. The summed E-state index contributed by atoms with van der Waals surface area (Å²) in [5.74, 6) is 0.160. The Bertz CT molecular complexity index is 1120. The fourth-order valence-electron chi connectivity index (χ4n) is 3.87. The van der Waals surface area contributed by atoms with Crippen LogP contribution in [0.25, 0.3) is 23.3 Å². The van der Waals surface area contributed by atoms with Gasteiger partial charge in [-0.3, -0.25) is 4.79 Å². The summed E-state index contributed by atoms with van der Waals surface area (Å²) in [5.41, 5.74) is 4.81. The van der Waals surface area contributed by atoms with Crippen LogP contribution in [-0.2, 0) is 11.0 Å².